The number of esters is 1. The minimum absolute atomic E-state index is 0.271. The fraction of sp³-hybridized carbons (Fsp3) is 0.286. The van der Waals surface area contributed by atoms with E-state index in [4.69, 9.17) is 0 Å². The second-order valence-electron chi connectivity index (χ2n) is 4.27. The quantitative estimate of drug-likeness (QED) is 0.790. The number of methoxy groups -OCH3 is 1. The van der Waals surface area contributed by atoms with Crippen LogP contribution in [0.15, 0.2) is 36.7 Å². The Kier molecular flexibility index (Phi) is 4.45. The maximum absolute atomic E-state index is 12.7. The molecule has 0 aliphatic carbocycles. The zero-order chi connectivity index (χ0) is 14.5. The second-order valence-corrected chi connectivity index (χ2v) is 4.27. The summed E-state index contributed by atoms with van der Waals surface area (Å²) < 4.78 is 31.5. The molecule has 20 heavy (non-hydrogen) atoms. The Morgan fingerprint density at radius 2 is 2.20 bits per heavy atom. The number of hydrogen-bond donors (Lipinski definition) is 0. The predicted molar refractivity (Wildman–Crippen MR) is 68.8 cm³/mol. The molecule has 0 bridgehead atoms. The number of ether oxygens (including phenoxy) is 1. The van der Waals surface area contributed by atoms with E-state index in [-0.39, 0.29) is 5.56 Å². The molecule has 0 aliphatic rings. The highest BCUT2D eigenvalue weighted by atomic mass is 19.3. The number of nitrogens with zero attached hydrogens (tertiary/aromatic N) is 2. The molecule has 0 saturated heterocycles. The fourth-order valence-corrected chi connectivity index (χ4v) is 1.95. The summed E-state index contributed by atoms with van der Waals surface area (Å²) in [6.07, 6.45) is 0.497. The van der Waals surface area contributed by atoms with Gasteiger partial charge in [0.1, 0.15) is 0 Å². The standard InChI is InChI=1S/C14H14F2N2O2/c1-20-14(19)10-3-4-11(9-18-6-2-5-17-18)12(7-10)8-13(15)16/h2-7,13H,8-9H2,1H3. The van der Waals surface area contributed by atoms with Crippen LogP contribution in [0.3, 0.4) is 0 Å². The van der Waals surface area contributed by atoms with Crippen LogP contribution in [0.4, 0.5) is 8.78 Å². The first kappa shape index (κ1) is 14.2. The largest absolute Gasteiger partial charge is 0.465 e. The van der Waals surface area contributed by atoms with Crippen LogP contribution in [-0.2, 0) is 17.7 Å². The number of carbonyl (C=O) groups is 1. The number of halogens is 2. The average Bonchev–Trinajstić information content (AvgIpc) is 2.92. The monoisotopic (exact) mass is 280 g/mol. The lowest BCUT2D eigenvalue weighted by Gasteiger charge is -2.11. The van der Waals surface area contributed by atoms with Crippen LogP contribution in [0, 0.1) is 0 Å². The highest BCUT2D eigenvalue weighted by Crippen LogP contribution is 2.18. The summed E-state index contributed by atoms with van der Waals surface area (Å²) in [7, 11) is 1.26. The minimum Gasteiger partial charge on any atom is -0.465 e. The molecule has 6 heteroatoms. The number of aromatic nitrogens is 2. The van der Waals surface area contributed by atoms with Crippen LogP contribution in [0.1, 0.15) is 21.5 Å². The SMILES string of the molecule is COC(=O)c1ccc(Cn2cccn2)c(CC(F)F)c1. The van der Waals surface area contributed by atoms with E-state index >= 15 is 0 Å². The Morgan fingerprint density at radius 1 is 1.40 bits per heavy atom. The van der Waals surface area contributed by atoms with Gasteiger partial charge < -0.3 is 4.74 Å². The molecule has 1 heterocycles. The summed E-state index contributed by atoms with van der Waals surface area (Å²) in [6, 6.07) is 6.44. The number of carbonyl (C=O) groups excluding carboxylic acids is 1. The molecule has 0 amide bonds. The first-order valence-electron chi connectivity index (χ1n) is 6.06. The molecule has 4 nitrogen and oxygen atoms in total. The van der Waals surface area contributed by atoms with E-state index in [0.29, 0.717) is 17.7 Å². The highest BCUT2D eigenvalue weighted by molar-refractivity contribution is 5.89. The van der Waals surface area contributed by atoms with Crippen LogP contribution in [0.2, 0.25) is 0 Å². The molecule has 106 valence electrons. The van der Waals surface area contributed by atoms with Crippen LogP contribution in [0.25, 0.3) is 0 Å². The third-order valence-electron chi connectivity index (χ3n) is 2.89. The summed E-state index contributed by atoms with van der Waals surface area (Å²) in [5, 5.41) is 4.04. The lowest BCUT2D eigenvalue weighted by atomic mass is 10.0. The summed E-state index contributed by atoms with van der Waals surface area (Å²) in [6.45, 7) is 0.385. The molecule has 1 aromatic carbocycles. The maximum Gasteiger partial charge on any atom is 0.337 e. The summed E-state index contributed by atoms with van der Waals surface area (Å²) in [5.74, 6) is -0.536. The molecular weight excluding hydrogens is 266 g/mol. The Morgan fingerprint density at radius 3 is 2.80 bits per heavy atom. The molecule has 0 N–H and O–H groups in total. The zero-order valence-corrected chi connectivity index (χ0v) is 10.9. The topological polar surface area (TPSA) is 44.1 Å². The van der Waals surface area contributed by atoms with Crippen molar-refractivity contribution in [3.8, 4) is 0 Å². The number of benzene rings is 1. The minimum atomic E-state index is -2.47. The van der Waals surface area contributed by atoms with Gasteiger partial charge in [-0.05, 0) is 29.3 Å². The van der Waals surface area contributed by atoms with Gasteiger partial charge in [-0.1, -0.05) is 6.07 Å². The molecule has 0 fully saturated rings. The Bertz CT molecular complexity index is 583. The van der Waals surface area contributed by atoms with Gasteiger partial charge in [-0.2, -0.15) is 5.10 Å². The first-order chi connectivity index (χ1) is 9.60. The molecule has 2 rings (SSSR count). The molecule has 0 unspecified atom stereocenters. The van der Waals surface area contributed by atoms with E-state index in [1.54, 1.807) is 35.3 Å². The van der Waals surface area contributed by atoms with Crippen molar-refractivity contribution in [1.29, 1.82) is 0 Å². The van der Waals surface area contributed by atoms with Crippen molar-refractivity contribution in [2.24, 2.45) is 0 Å². The lowest BCUT2D eigenvalue weighted by Crippen LogP contribution is -2.09. The van der Waals surface area contributed by atoms with Gasteiger partial charge in [0.25, 0.3) is 0 Å². The van der Waals surface area contributed by atoms with Crippen molar-refractivity contribution in [2.45, 2.75) is 19.4 Å². The van der Waals surface area contributed by atoms with E-state index in [9.17, 15) is 13.6 Å². The first-order valence-corrected chi connectivity index (χ1v) is 6.06. The van der Waals surface area contributed by atoms with Crippen molar-refractivity contribution >= 4 is 5.97 Å². The maximum atomic E-state index is 12.7. The summed E-state index contributed by atoms with van der Waals surface area (Å²) in [4.78, 5) is 11.5. The fourth-order valence-electron chi connectivity index (χ4n) is 1.95. The van der Waals surface area contributed by atoms with Gasteiger partial charge >= 0.3 is 5.97 Å². The summed E-state index contributed by atoms with van der Waals surface area (Å²) in [5.41, 5.74) is 1.41. The normalized spacial score (nSPS) is 10.8. The van der Waals surface area contributed by atoms with Gasteiger partial charge in [0.05, 0.1) is 19.2 Å². The van der Waals surface area contributed by atoms with Crippen molar-refractivity contribution in [3.63, 3.8) is 0 Å². The highest BCUT2D eigenvalue weighted by Gasteiger charge is 2.14. The Hall–Kier alpha value is -2.24. The predicted octanol–water partition coefficient (Wildman–Crippen LogP) is 2.53. The van der Waals surface area contributed by atoms with Gasteiger partial charge in [0.2, 0.25) is 6.43 Å². The van der Waals surface area contributed by atoms with E-state index < -0.39 is 18.8 Å². The molecule has 2 aromatic rings. The van der Waals surface area contributed by atoms with Gasteiger partial charge in [-0.3, -0.25) is 4.68 Å². The van der Waals surface area contributed by atoms with Crippen molar-refractivity contribution in [1.82, 2.24) is 9.78 Å². The van der Waals surface area contributed by atoms with Gasteiger partial charge in [0.15, 0.2) is 0 Å². The van der Waals surface area contributed by atoms with Crippen LogP contribution < -0.4 is 0 Å². The molecule has 0 spiro atoms. The molecule has 0 atom stereocenters. The third kappa shape index (κ3) is 3.40. The Balaban J connectivity index is 2.32. The van der Waals surface area contributed by atoms with Gasteiger partial charge in [-0.25, -0.2) is 13.6 Å². The molecule has 0 radical (unpaired) electrons. The van der Waals surface area contributed by atoms with Crippen molar-refractivity contribution in [2.75, 3.05) is 7.11 Å². The molecule has 0 saturated carbocycles. The smallest absolute Gasteiger partial charge is 0.337 e. The molecule has 0 aliphatic heterocycles. The van der Waals surface area contributed by atoms with Gasteiger partial charge in [-0.15, -0.1) is 0 Å². The van der Waals surface area contributed by atoms with Gasteiger partial charge in [0, 0.05) is 18.8 Å². The lowest BCUT2D eigenvalue weighted by molar-refractivity contribution is 0.0600. The molecular formula is C14H14F2N2O2. The third-order valence-corrected chi connectivity index (χ3v) is 2.89. The number of hydrogen-bond acceptors (Lipinski definition) is 3. The Labute approximate surface area is 115 Å². The summed E-state index contributed by atoms with van der Waals surface area (Å²) >= 11 is 0. The van der Waals surface area contributed by atoms with E-state index in [1.165, 1.54) is 13.2 Å². The van der Waals surface area contributed by atoms with E-state index in [2.05, 4.69) is 9.84 Å². The van der Waals surface area contributed by atoms with Crippen molar-refractivity contribution < 1.29 is 18.3 Å². The number of alkyl halides is 2. The van der Waals surface area contributed by atoms with E-state index in [0.717, 1.165) is 0 Å². The van der Waals surface area contributed by atoms with E-state index in [1.807, 2.05) is 0 Å². The van der Waals surface area contributed by atoms with Crippen LogP contribution in [0.5, 0.6) is 0 Å². The second kappa shape index (κ2) is 6.27. The number of rotatable bonds is 5. The van der Waals surface area contributed by atoms with Crippen LogP contribution in [-0.4, -0.2) is 29.3 Å². The van der Waals surface area contributed by atoms with Crippen LogP contribution >= 0.6 is 0 Å². The van der Waals surface area contributed by atoms with Crippen molar-refractivity contribution in [3.05, 3.63) is 53.3 Å². The zero-order valence-electron chi connectivity index (χ0n) is 10.9. The average molecular weight is 280 g/mol. The molecule has 1 aromatic heterocycles.